The molecule has 0 unspecified atom stereocenters. The number of para-hydroxylation sites is 1. The van der Waals surface area contributed by atoms with Gasteiger partial charge in [-0.15, -0.1) is 0 Å². The van der Waals surface area contributed by atoms with Crippen molar-refractivity contribution in [2.45, 2.75) is 13.8 Å². The third-order valence-corrected chi connectivity index (χ3v) is 4.19. The molecule has 3 rings (SSSR count). The molecule has 0 bridgehead atoms. The number of aromatic nitrogens is 2. The minimum Gasteiger partial charge on any atom is -0.347 e. The predicted molar refractivity (Wildman–Crippen MR) is 95.4 cm³/mol. The van der Waals surface area contributed by atoms with Gasteiger partial charge in [0.25, 0.3) is 5.56 Å². The zero-order chi connectivity index (χ0) is 18.1. The minimum atomic E-state index is -0.529. The second kappa shape index (κ2) is 6.39. The summed E-state index contributed by atoms with van der Waals surface area (Å²) in [5.41, 5.74) is 1.81. The third kappa shape index (κ3) is 2.98. The van der Waals surface area contributed by atoms with Crippen LogP contribution < -0.4 is 10.9 Å². The van der Waals surface area contributed by atoms with Gasteiger partial charge in [-0.25, -0.2) is 9.07 Å². The van der Waals surface area contributed by atoms with E-state index in [1.807, 2.05) is 30.3 Å². The fraction of sp³-hybridized carbons (Fsp3) is 0.158. The van der Waals surface area contributed by atoms with Crippen LogP contribution in [0, 0.1) is 12.7 Å². The van der Waals surface area contributed by atoms with E-state index in [9.17, 15) is 14.0 Å². The molecule has 1 aromatic heterocycles. The first-order valence-electron chi connectivity index (χ1n) is 7.81. The van der Waals surface area contributed by atoms with Crippen LogP contribution in [-0.2, 0) is 7.05 Å². The Labute approximate surface area is 144 Å². The van der Waals surface area contributed by atoms with Gasteiger partial charge in [0.15, 0.2) is 5.78 Å². The van der Waals surface area contributed by atoms with Crippen LogP contribution in [0.25, 0.3) is 5.69 Å². The number of carbonyl (C=O) groups excluding carboxylic acids is 1. The quantitative estimate of drug-likeness (QED) is 0.739. The van der Waals surface area contributed by atoms with Crippen molar-refractivity contribution in [3.8, 4) is 5.69 Å². The second-order valence-electron chi connectivity index (χ2n) is 5.81. The number of halogens is 1. The van der Waals surface area contributed by atoms with Crippen molar-refractivity contribution in [3.05, 3.63) is 76.0 Å². The van der Waals surface area contributed by atoms with Gasteiger partial charge >= 0.3 is 0 Å². The van der Waals surface area contributed by atoms with Crippen LogP contribution >= 0.6 is 0 Å². The van der Waals surface area contributed by atoms with Gasteiger partial charge in [-0.05, 0) is 44.2 Å². The standard InChI is InChI=1S/C19H18FN3O2/c1-12-18(21-17-11-14(13(2)24)9-10-16(17)20)19(25)23(22(12)3)15-7-5-4-6-8-15/h4-11,21H,1-3H3. The van der Waals surface area contributed by atoms with Crippen LogP contribution in [0.15, 0.2) is 53.3 Å². The molecule has 6 heteroatoms. The first-order chi connectivity index (χ1) is 11.9. The normalized spacial score (nSPS) is 10.7. The lowest BCUT2D eigenvalue weighted by molar-refractivity contribution is 0.101. The molecule has 0 saturated carbocycles. The largest absolute Gasteiger partial charge is 0.347 e. The highest BCUT2D eigenvalue weighted by Gasteiger charge is 2.17. The zero-order valence-electron chi connectivity index (χ0n) is 14.2. The summed E-state index contributed by atoms with van der Waals surface area (Å²) in [5.74, 6) is -0.701. The molecule has 128 valence electrons. The fourth-order valence-electron chi connectivity index (χ4n) is 2.69. The molecule has 25 heavy (non-hydrogen) atoms. The second-order valence-corrected chi connectivity index (χ2v) is 5.81. The molecule has 0 spiro atoms. The molecule has 0 fully saturated rings. The number of rotatable bonds is 4. The smallest absolute Gasteiger partial charge is 0.295 e. The van der Waals surface area contributed by atoms with E-state index >= 15 is 0 Å². The monoisotopic (exact) mass is 339 g/mol. The lowest BCUT2D eigenvalue weighted by Gasteiger charge is -2.08. The minimum absolute atomic E-state index is 0.0960. The number of benzene rings is 2. The molecule has 1 N–H and O–H groups in total. The Morgan fingerprint density at radius 2 is 1.80 bits per heavy atom. The summed E-state index contributed by atoms with van der Waals surface area (Å²) < 4.78 is 17.3. The van der Waals surface area contributed by atoms with E-state index in [-0.39, 0.29) is 22.7 Å². The molecule has 0 aliphatic carbocycles. The lowest BCUT2D eigenvalue weighted by atomic mass is 10.1. The Morgan fingerprint density at radius 3 is 2.44 bits per heavy atom. The highest BCUT2D eigenvalue weighted by molar-refractivity contribution is 5.95. The van der Waals surface area contributed by atoms with Crippen LogP contribution in [0.1, 0.15) is 23.0 Å². The Morgan fingerprint density at radius 1 is 1.12 bits per heavy atom. The fourth-order valence-corrected chi connectivity index (χ4v) is 2.69. The molecule has 2 aromatic carbocycles. The summed E-state index contributed by atoms with van der Waals surface area (Å²) in [6.07, 6.45) is 0. The molecule has 0 saturated heterocycles. The van der Waals surface area contributed by atoms with Crippen LogP contribution in [0.4, 0.5) is 15.8 Å². The van der Waals surface area contributed by atoms with E-state index in [1.54, 1.807) is 18.7 Å². The van der Waals surface area contributed by atoms with Crippen molar-refractivity contribution in [1.82, 2.24) is 9.36 Å². The SMILES string of the molecule is CC(=O)c1ccc(F)c(Nc2c(C)n(C)n(-c3ccccc3)c2=O)c1. The van der Waals surface area contributed by atoms with E-state index in [2.05, 4.69) is 5.32 Å². The maximum Gasteiger partial charge on any atom is 0.295 e. The Balaban J connectivity index is 2.10. The van der Waals surface area contributed by atoms with E-state index in [4.69, 9.17) is 0 Å². The van der Waals surface area contributed by atoms with Crippen molar-refractivity contribution in [2.75, 3.05) is 5.32 Å². The van der Waals surface area contributed by atoms with Crippen molar-refractivity contribution in [3.63, 3.8) is 0 Å². The topological polar surface area (TPSA) is 56.0 Å². The number of carbonyl (C=O) groups is 1. The van der Waals surface area contributed by atoms with Gasteiger partial charge in [0, 0.05) is 12.6 Å². The van der Waals surface area contributed by atoms with Crippen LogP contribution in [-0.4, -0.2) is 15.1 Å². The lowest BCUT2D eigenvalue weighted by Crippen LogP contribution is -2.20. The molecular weight excluding hydrogens is 321 g/mol. The molecule has 3 aromatic rings. The summed E-state index contributed by atoms with van der Waals surface area (Å²) in [7, 11) is 1.76. The molecule has 0 aliphatic heterocycles. The van der Waals surface area contributed by atoms with E-state index in [0.29, 0.717) is 16.9 Å². The molecule has 5 nitrogen and oxygen atoms in total. The van der Waals surface area contributed by atoms with E-state index in [1.165, 1.54) is 29.8 Å². The molecule has 1 heterocycles. The molecular formula is C19H18FN3O2. The van der Waals surface area contributed by atoms with Gasteiger partial charge in [0.2, 0.25) is 0 Å². The molecule has 0 amide bonds. The maximum atomic E-state index is 14.1. The molecule has 0 radical (unpaired) electrons. The van der Waals surface area contributed by atoms with Crippen molar-refractivity contribution < 1.29 is 9.18 Å². The number of Topliss-reactive ketones (excluding diaryl/α,β-unsaturated/α-hetero) is 1. The maximum absolute atomic E-state index is 14.1. The number of hydrogen-bond donors (Lipinski definition) is 1. The number of anilines is 2. The summed E-state index contributed by atoms with van der Waals surface area (Å²) in [5, 5.41) is 2.85. The van der Waals surface area contributed by atoms with Gasteiger partial charge in [0.1, 0.15) is 11.5 Å². The first-order valence-corrected chi connectivity index (χ1v) is 7.81. The highest BCUT2D eigenvalue weighted by atomic mass is 19.1. The number of nitrogens with zero attached hydrogens (tertiary/aromatic N) is 2. The van der Waals surface area contributed by atoms with E-state index in [0.717, 1.165) is 0 Å². The predicted octanol–water partition coefficient (Wildman–Crippen LogP) is 3.57. The van der Waals surface area contributed by atoms with Gasteiger partial charge < -0.3 is 5.32 Å². The Hall–Kier alpha value is -3.15. The summed E-state index contributed by atoms with van der Waals surface area (Å²) in [6, 6.07) is 13.2. The Bertz CT molecular complexity index is 1000. The zero-order valence-corrected chi connectivity index (χ0v) is 14.2. The van der Waals surface area contributed by atoms with Crippen LogP contribution in [0.3, 0.4) is 0 Å². The van der Waals surface area contributed by atoms with Gasteiger partial charge in [0.05, 0.1) is 17.1 Å². The Kier molecular flexibility index (Phi) is 4.27. The van der Waals surface area contributed by atoms with Crippen LogP contribution in [0.2, 0.25) is 0 Å². The van der Waals surface area contributed by atoms with Crippen molar-refractivity contribution >= 4 is 17.2 Å². The molecule has 0 aliphatic rings. The van der Waals surface area contributed by atoms with Gasteiger partial charge in [-0.3, -0.25) is 14.3 Å². The number of hydrogen-bond acceptors (Lipinski definition) is 3. The van der Waals surface area contributed by atoms with Gasteiger partial charge in [-0.2, -0.15) is 0 Å². The molecule has 0 atom stereocenters. The van der Waals surface area contributed by atoms with Gasteiger partial charge in [-0.1, -0.05) is 18.2 Å². The summed E-state index contributed by atoms with van der Waals surface area (Å²) in [4.78, 5) is 24.4. The average molecular weight is 339 g/mol. The summed E-state index contributed by atoms with van der Waals surface area (Å²) >= 11 is 0. The van der Waals surface area contributed by atoms with Crippen molar-refractivity contribution in [2.24, 2.45) is 7.05 Å². The number of nitrogens with one attached hydrogen (secondary N) is 1. The van der Waals surface area contributed by atoms with Crippen LogP contribution in [0.5, 0.6) is 0 Å². The van der Waals surface area contributed by atoms with E-state index < -0.39 is 5.82 Å². The number of ketones is 1. The van der Waals surface area contributed by atoms with Crippen molar-refractivity contribution in [1.29, 1.82) is 0 Å². The highest BCUT2D eigenvalue weighted by Crippen LogP contribution is 2.23. The average Bonchev–Trinajstić information content (AvgIpc) is 2.80. The first kappa shape index (κ1) is 16.7. The summed E-state index contributed by atoms with van der Waals surface area (Å²) in [6.45, 7) is 3.18. The third-order valence-electron chi connectivity index (χ3n) is 4.19.